The van der Waals surface area contributed by atoms with Gasteiger partial charge in [-0.2, -0.15) is 0 Å². The lowest BCUT2D eigenvalue weighted by atomic mass is 10.1. The number of nitrogens with zero attached hydrogens (tertiary/aromatic N) is 1. The molecule has 0 saturated carbocycles. The van der Waals surface area contributed by atoms with E-state index in [1.54, 1.807) is 26.4 Å². The van der Waals surface area contributed by atoms with Gasteiger partial charge in [0.15, 0.2) is 0 Å². The van der Waals surface area contributed by atoms with E-state index in [-0.39, 0.29) is 0 Å². The van der Waals surface area contributed by atoms with Crippen LogP contribution in [0, 0.1) is 0 Å². The number of fused-ring (bicyclic) bond motifs is 1. The Morgan fingerprint density at radius 1 is 1.19 bits per heavy atom. The molecule has 0 aliphatic carbocycles. The van der Waals surface area contributed by atoms with Crippen molar-refractivity contribution in [3.8, 4) is 11.5 Å². The molecule has 0 amide bonds. The number of halogens is 1. The van der Waals surface area contributed by atoms with Gasteiger partial charge in [0.2, 0.25) is 0 Å². The van der Waals surface area contributed by atoms with E-state index in [1.165, 1.54) is 6.20 Å². The molecule has 1 aromatic heterocycles. The molecular weight excluding hydrogens is 228 g/mol. The highest BCUT2D eigenvalue weighted by Gasteiger charge is 2.13. The van der Waals surface area contributed by atoms with Gasteiger partial charge in [-0.3, -0.25) is 0 Å². The summed E-state index contributed by atoms with van der Waals surface area (Å²) >= 11 is 6.14. The molecule has 0 spiro atoms. The smallest absolute Gasteiger partial charge is 0.145 e. The van der Waals surface area contributed by atoms with Crippen LogP contribution >= 0.6 is 11.6 Å². The molecular formula is C11H11ClN2O2. The fourth-order valence-electron chi connectivity index (χ4n) is 1.56. The van der Waals surface area contributed by atoms with Crippen LogP contribution in [0.15, 0.2) is 18.3 Å². The van der Waals surface area contributed by atoms with Gasteiger partial charge in [0.05, 0.1) is 36.5 Å². The van der Waals surface area contributed by atoms with E-state index in [9.17, 15) is 0 Å². The molecule has 0 atom stereocenters. The molecule has 2 N–H and O–H groups in total. The molecule has 16 heavy (non-hydrogen) atoms. The van der Waals surface area contributed by atoms with Crippen molar-refractivity contribution in [2.75, 3.05) is 20.0 Å². The molecule has 0 aliphatic heterocycles. The zero-order valence-electron chi connectivity index (χ0n) is 8.95. The van der Waals surface area contributed by atoms with Crippen LogP contribution in [0.2, 0.25) is 5.02 Å². The van der Waals surface area contributed by atoms with Crippen LogP contribution in [0.25, 0.3) is 10.9 Å². The Kier molecular flexibility index (Phi) is 2.75. The predicted octanol–water partition coefficient (Wildman–Crippen LogP) is 2.49. The zero-order valence-corrected chi connectivity index (χ0v) is 9.71. The van der Waals surface area contributed by atoms with E-state index >= 15 is 0 Å². The number of hydrogen-bond acceptors (Lipinski definition) is 4. The first-order valence-electron chi connectivity index (χ1n) is 4.63. The summed E-state index contributed by atoms with van der Waals surface area (Å²) in [5, 5.41) is 1.10. The lowest BCUT2D eigenvalue weighted by Gasteiger charge is -2.11. The molecule has 5 heteroatoms. The van der Waals surface area contributed by atoms with E-state index in [2.05, 4.69) is 4.98 Å². The molecule has 2 rings (SSSR count). The van der Waals surface area contributed by atoms with Crippen LogP contribution < -0.4 is 15.2 Å². The van der Waals surface area contributed by atoms with Crippen molar-refractivity contribution in [2.45, 2.75) is 0 Å². The number of nitrogens with two attached hydrogens (primary N) is 1. The predicted molar refractivity (Wildman–Crippen MR) is 64.3 cm³/mol. The second-order valence-electron chi connectivity index (χ2n) is 3.22. The summed E-state index contributed by atoms with van der Waals surface area (Å²) in [6.45, 7) is 0. The van der Waals surface area contributed by atoms with E-state index in [1.807, 2.05) is 0 Å². The fourth-order valence-corrected chi connectivity index (χ4v) is 1.80. The van der Waals surface area contributed by atoms with Crippen molar-refractivity contribution in [1.82, 2.24) is 4.98 Å². The molecule has 84 valence electrons. The number of ether oxygens (including phenoxy) is 2. The summed E-state index contributed by atoms with van der Waals surface area (Å²) in [6.07, 6.45) is 1.51. The van der Waals surface area contributed by atoms with Gasteiger partial charge in [-0.25, -0.2) is 4.98 Å². The Morgan fingerprint density at radius 3 is 2.44 bits per heavy atom. The lowest BCUT2D eigenvalue weighted by molar-refractivity contribution is 0.410. The Balaban J connectivity index is 2.90. The highest BCUT2D eigenvalue weighted by atomic mass is 35.5. The number of anilines is 1. The summed E-state index contributed by atoms with van der Waals surface area (Å²) in [6, 6.07) is 3.55. The van der Waals surface area contributed by atoms with E-state index in [4.69, 9.17) is 26.8 Å². The van der Waals surface area contributed by atoms with Crippen molar-refractivity contribution in [2.24, 2.45) is 0 Å². The van der Waals surface area contributed by atoms with Gasteiger partial charge in [0.25, 0.3) is 0 Å². The third kappa shape index (κ3) is 1.51. The van der Waals surface area contributed by atoms with E-state index in [0.717, 1.165) is 0 Å². The van der Waals surface area contributed by atoms with Crippen molar-refractivity contribution in [3.63, 3.8) is 0 Å². The van der Waals surface area contributed by atoms with Crippen LogP contribution in [-0.4, -0.2) is 19.2 Å². The van der Waals surface area contributed by atoms with E-state index < -0.39 is 0 Å². The summed E-state index contributed by atoms with van der Waals surface area (Å²) < 4.78 is 10.4. The molecule has 0 unspecified atom stereocenters. The second-order valence-corrected chi connectivity index (χ2v) is 3.60. The first-order chi connectivity index (χ1) is 7.69. The lowest BCUT2D eigenvalue weighted by Crippen LogP contribution is -1.95. The third-order valence-corrected chi connectivity index (χ3v) is 2.76. The normalized spacial score (nSPS) is 10.4. The first-order valence-corrected chi connectivity index (χ1v) is 5.01. The van der Waals surface area contributed by atoms with Crippen LogP contribution in [-0.2, 0) is 0 Å². The molecule has 4 nitrogen and oxygen atoms in total. The monoisotopic (exact) mass is 238 g/mol. The summed E-state index contributed by atoms with van der Waals surface area (Å²) in [5.74, 6) is 1.26. The SMILES string of the molecule is COc1ccc(OC)c2c(Cl)c(N)cnc12. The molecule has 0 aliphatic rings. The standard InChI is InChI=1S/C11H11ClN2O2/c1-15-7-3-4-8(16-2)11-9(7)10(12)6(13)5-14-11/h3-5H,13H2,1-2H3. The Morgan fingerprint density at radius 2 is 1.81 bits per heavy atom. The molecule has 0 saturated heterocycles. The molecule has 1 aromatic carbocycles. The van der Waals surface area contributed by atoms with Crippen LogP contribution in [0.1, 0.15) is 0 Å². The summed E-state index contributed by atoms with van der Waals surface area (Å²) in [7, 11) is 3.15. The number of hydrogen-bond donors (Lipinski definition) is 1. The van der Waals surface area contributed by atoms with Gasteiger partial charge in [-0.15, -0.1) is 0 Å². The maximum Gasteiger partial charge on any atom is 0.145 e. The maximum atomic E-state index is 6.14. The Bertz CT molecular complexity index is 543. The summed E-state index contributed by atoms with van der Waals surface area (Å²) in [4.78, 5) is 4.21. The van der Waals surface area contributed by atoms with Gasteiger partial charge in [0, 0.05) is 0 Å². The number of methoxy groups -OCH3 is 2. The number of nitrogen functional groups attached to an aromatic ring is 1. The number of pyridine rings is 1. The average molecular weight is 239 g/mol. The minimum Gasteiger partial charge on any atom is -0.496 e. The second kappa shape index (κ2) is 4.06. The molecule has 2 aromatic rings. The van der Waals surface area contributed by atoms with Crippen LogP contribution in [0.4, 0.5) is 5.69 Å². The highest BCUT2D eigenvalue weighted by molar-refractivity contribution is 6.38. The quantitative estimate of drug-likeness (QED) is 0.873. The fraction of sp³-hybridized carbons (Fsp3) is 0.182. The van der Waals surface area contributed by atoms with Gasteiger partial charge in [0.1, 0.15) is 17.0 Å². The van der Waals surface area contributed by atoms with Crippen molar-refractivity contribution < 1.29 is 9.47 Å². The molecule has 0 radical (unpaired) electrons. The molecule has 1 heterocycles. The van der Waals surface area contributed by atoms with Crippen molar-refractivity contribution >= 4 is 28.2 Å². The molecule has 0 bridgehead atoms. The maximum absolute atomic E-state index is 6.14. The van der Waals surface area contributed by atoms with Crippen molar-refractivity contribution in [3.05, 3.63) is 23.4 Å². The summed E-state index contributed by atoms with van der Waals surface area (Å²) in [5.41, 5.74) is 6.77. The van der Waals surface area contributed by atoms with Crippen LogP contribution in [0.5, 0.6) is 11.5 Å². The average Bonchev–Trinajstić information content (AvgIpc) is 2.32. The third-order valence-electron chi connectivity index (χ3n) is 2.35. The van der Waals surface area contributed by atoms with E-state index in [0.29, 0.717) is 33.1 Å². The minimum absolute atomic E-state index is 0.417. The molecule has 0 fully saturated rings. The largest absolute Gasteiger partial charge is 0.496 e. The van der Waals surface area contributed by atoms with Gasteiger partial charge in [-0.1, -0.05) is 11.6 Å². The van der Waals surface area contributed by atoms with Gasteiger partial charge < -0.3 is 15.2 Å². The number of rotatable bonds is 2. The first kappa shape index (κ1) is 10.8. The zero-order chi connectivity index (χ0) is 11.7. The topological polar surface area (TPSA) is 57.4 Å². The van der Waals surface area contributed by atoms with Crippen molar-refractivity contribution in [1.29, 1.82) is 0 Å². The highest BCUT2D eigenvalue weighted by Crippen LogP contribution is 2.38. The van der Waals surface area contributed by atoms with Gasteiger partial charge in [-0.05, 0) is 12.1 Å². The van der Waals surface area contributed by atoms with Gasteiger partial charge >= 0.3 is 0 Å². The minimum atomic E-state index is 0.417. The number of aromatic nitrogens is 1. The Labute approximate surface area is 97.9 Å². The Hall–Kier alpha value is -1.68. The number of benzene rings is 1. The van der Waals surface area contributed by atoms with Crippen LogP contribution in [0.3, 0.4) is 0 Å².